The Morgan fingerprint density at radius 3 is 3.00 bits per heavy atom. The van der Waals surface area contributed by atoms with E-state index in [2.05, 4.69) is 16.1 Å². The molecule has 1 fully saturated rings. The third-order valence-electron chi connectivity index (χ3n) is 3.99. The summed E-state index contributed by atoms with van der Waals surface area (Å²) in [5, 5.41) is 8.27. The van der Waals surface area contributed by atoms with Crippen LogP contribution in [0.3, 0.4) is 0 Å². The van der Waals surface area contributed by atoms with E-state index in [4.69, 9.17) is 4.42 Å². The van der Waals surface area contributed by atoms with Crippen molar-refractivity contribution in [3.8, 4) is 0 Å². The first-order valence-electron chi connectivity index (χ1n) is 6.57. The number of amides is 2. The second-order valence-electron chi connectivity index (χ2n) is 5.08. The summed E-state index contributed by atoms with van der Waals surface area (Å²) >= 11 is 1.63. The third kappa shape index (κ3) is 1.58. The second-order valence-corrected chi connectivity index (χ2v) is 6.00. The van der Waals surface area contributed by atoms with Crippen LogP contribution in [0.1, 0.15) is 35.9 Å². The minimum absolute atomic E-state index is 0.0101. The molecule has 1 aromatic rings. The molecular weight excluding hydrogens is 264 g/mol. The molecule has 4 rings (SSSR count). The van der Waals surface area contributed by atoms with Gasteiger partial charge in [0.2, 0.25) is 5.88 Å². The van der Waals surface area contributed by atoms with Gasteiger partial charge in [-0.25, -0.2) is 4.79 Å². The molecule has 7 heteroatoms. The first-order chi connectivity index (χ1) is 9.28. The number of carbonyl (C=O) groups is 1. The van der Waals surface area contributed by atoms with Crippen molar-refractivity contribution in [2.24, 2.45) is 0 Å². The Hall–Kier alpha value is -1.34. The van der Waals surface area contributed by atoms with Crippen molar-refractivity contribution in [3.05, 3.63) is 16.9 Å². The van der Waals surface area contributed by atoms with Gasteiger partial charge in [0.25, 0.3) is 0 Å². The van der Waals surface area contributed by atoms with Crippen LogP contribution in [0.4, 0.5) is 10.7 Å². The van der Waals surface area contributed by atoms with Crippen molar-refractivity contribution < 1.29 is 9.21 Å². The molecule has 0 aromatic carbocycles. The Kier molecular flexibility index (Phi) is 2.46. The van der Waals surface area contributed by atoms with E-state index in [1.807, 2.05) is 11.3 Å². The zero-order chi connectivity index (χ0) is 13.0. The SMILES string of the molecule is CSC1Nc2oc3c(c2C2NC(=O)NN12)CCCC3. The Balaban J connectivity index is 1.82. The van der Waals surface area contributed by atoms with Gasteiger partial charge in [-0.2, -0.15) is 5.01 Å². The zero-order valence-corrected chi connectivity index (χ0v) is 11.5. The van der Waals surface area contributed by atoms with E-state index in [-0.39, 0.29) is 17.7 Å². The summed E-state index contributed by atoms with van der Waals surface area (Å²) in [6.45, 7) is 0. The van der Waals surface area contributed by atoms with Crippen LogP contribution in [0.25, 0.3) is 0 Å². The van der Waals surface area contributed by atoms with Gasteiger partial charge in [0.05, 0.1) is 5.56 Å². The molecule has 0 spiro atoms. The van der Waals surface area contributed by atoms with Crippen molar-refractivity contribution in [1.29, 1.82) is 0 Å². The van der Waals surface area contributed by atoms with Gasteiger partial charge in [0.15, 0.2) is 0 Å². The number of thioether (sulfide) groups is 1. The van der Waals surface area contributed by atoms with E-state index in [1.165, 1.54) is 18.4 Å². The van der Waals surface area contributed by atoms with Gasteiger partial charge in [0, 0.05) is 12.0 Å². The monoisotopic (exact) mass is 280 g/mol. The van der Waals surface area contributed by atoms with Gasteiger partial charge in [-0.15, -0.1) is 11.8 Å². The molecule has 2 aliphatic heterocycles. The van der Waals surface area contributed by atoms with Gasteiger partial charge in [0.1, 0.15) is 17.4 Å². The average Bonchev–Trinajstić information content (AvgIpc) is 2.96. The molecule has 3 N–H and O–H groups in total. The number of anilines is 1. The smallest absolute Gasteiger partial charge is 0.331 e. The third-order valence-corrected chi connectivity index (χ3v) is 4.78. The summed E-state index contributed by atoms with van der Waals surface area (Å²) in [7, 11) is 0. The largest absolute Gasteiger partial charge is 0.445 e. The predicted molar refractivity (Wildman–Crippen MR) is 72.5 cm³/mol. The molecule has 6 nitrogen and oxygen atoms in total. The number of furan rings is 1. The number of carbonyl (C=O) groups excluding carboxylic acids is 1. The van der Waals surface area contributed by atoms with Crippen LogP contribution >= 0.6 is 11.8 Å². The summed E-state index contributed by atoms with van der Waals surface area (Å²) < 4.78 is 5.97. The topological polar surface area (TPSA) is 69.5 Å². The second kappa shape index (κ2) is 4.08. The average molecular weight is 280 g/mol. The van der Waals surface area contributed by atoms with E-state index < -0.39 is 0 Å². The van der Waals surface area contributed by atoms with Crippen LogP contribution in [0.2, 0.25) is 0 Å². The van der Waals surface area contributed by atoms with E-state index >= 15 is 0 Å². The number of hydrogen-bond donors (Lipinski definition) is 3. The predicted octanol–water partition coefficient (Wildman–Crippen LogP) is 1.76. The summed E-state index contributed by atoms with van der Waals surface area (Å²) in [5.41, 5.74) is 5.24. The van der Waals surface area contributed by atoms with Crippen LogP contribution in [0.5, 0.6) is 0 Å². The van der Waals surface area contributed by atoms with Crippen LogP contribution in [-0.2, 0) is 12.8 Å². The number of urea groups is 1. The summed E-state index contributed by atoms with van der Waals surface area (Å²) in [5.74, 6) is 1.92. The molecule has 2 unspecified atom stereocenters. The lowest BCUT2D eigenvalue weighted by molar-refractivity contribution is 0.166. The summed E-state index contributed by atoms with van der Waals surface area (Å²) in [6.07, 6.45) is 6.31. The Morgan fingerprint density at radius 1 is 1.32 bits per heavy atom. The quantitative estimate of drug-likeness (QED) is 0.731. The van der Waals surface area contributed by atoms with E-state index in [0.717, 1.165) is 30.0 Å². The Bertz CT molecular complexity index is 544. The molecule has 0 bridgehead atoms. The first kappa shape index (κ1) is 11.5. The summed E-state index contributed by atoms with van der Waals surface area (Å²) in [4.78, 5) is 11.6. The molecule has 3 aliphatic rings. The van der Waals surface area contributed by atoms with Crippen molar-refractivity contribution in [3.63, 3.8) is 0 Å². The number of aryl methyl sites for hydroxylation is 1. The minimum atomic E-state index is -0.149. The summed E-state index contributed by atoms with van der Waals surface area (Å²) in [6, 6.07) is -0.149. The highest BCUT2D eigenvalue weighted by atomic mass is 32.2. The molecule has 1 saturated heterocycles. The van der Waals surface area contributed by atoms with Crippen LogP contribution in [-0.4, -0.2) is 22.8 Å². The first-order valence-corrected chi connectivity index (χ1v) is 7.86. The molecule has 102 valence electrons. The molecule has 1 aromatic heterocycles. The van der Waals surface area contributed by atoms with E-state index in [0.29, 0.717) is 0 Å². The number of hydrogen-bond acceptors (Lipinski definition) is 5. The van der Waals surface area contributed by atoms with Gasteiger partial charge in [-0.05, 0) is 25.5 Å². The van der Waals surface area contributed by atoms with E-state index in [1.54, 1.807) is 11.8 Å². The van der Waals surface area contributed by atoms with Crippen molar-refractivity contribution >= 4 is 23.7 Å². The number of fused-ring (bicyclic) bond motifs is 5. The Morgan fingerprint density at radius 2 is 2.16 bits per heavy atom. The molecule has 19 heavy (non-hydrogen) atoms. The fourth-order valence-electron chi connectivity index (χ4n) is 3.15. The Labute approximate surface area is 115 Å². The lowest BCUT2D eigenvalue weighted by Gasteiger charge is -2.35. The molecule has 0 radical (unpaired) electrons. The molecular formula is C12H16N4O2S. The molecule has 3 heterocycles. The lowest BCUT2D eigenvalue weighted by atomic mass is 9.93. The normalized spacial score (nSPS) is 28.8. The highest BCUT2D eigenvalue weighted by Crippen LogP contribution is 2.43. The number of nitrogens with one attached hydrogen (secondary N) is 3. The van der Waals surface area contributed by atoms with Gasteiger partial charge in [-0.3, -0.25) is 5.43 Å². The van der Waals surface area contributed by atoms with E-state index in [9.17, 15) is 4.79 Å². The zero-order valence-electron chi connectivity index (χ0n) is 10.7. The van der Waals surface area contributed by atoms with Crippen molar-refractivity contribution in [2.75, 3.05) is 11.6 Å². The molecule has 1 aliphatic carbocycles. The van der Waals surface area contributed by atoms with Gasteiger partial charge >= 0.3 is 6.03 Å². The maximum atomic E-state index is 11.6. The maximum Gasteiger partial charge on any atom is 0.331 e. The number of rotatable bonds is 1. The highest BCUT2D eigenvalue weighted by Gasteiger charge is 2.44. The molecule has 0 saturated carbocycles. The van der Waals surface area contributed by atoms with Crippen LogP contribution in [0, 0.1) is 0 Å². The van der Waals surface area contributed by atoms with Crippen LogP contribution < -0.4 is 16.1 Å². The number of nitrogens with zero attached hydrogens (tertiary/aromatic N) is 1. The molecule has 2 amide bonds. The standard InChI is InChI=1S/C12H16N4O2S/c1-19-12-14-10-8(9-13-11(17)15-16(9)12)6-4-2-3-5-7(6)18-10/h9,12,14H,2-5H2,1H3,(H2,13,15,17). The fraction of sp³-hybridized carbons (Fsp3) is 0.583. The van der Waals surface area contributed by atoms with Crippen molar-refractivity contribution in [1.82, 2.24) is 15.8 Å². The number of hydrazine groups is 1. The fourth-order valence-corrected chi connectivity index (χ4v) is 3.78. The lowest BCUT2D eigenvalue weighted by Crippen LogP contribution is -2.48. The highest BCUT2D eigenvalue weighted by molar-refractivity contribution is 7.99. The van der Waals surface area contributed by atoms with Gasteiger partial charge in [-0.1, -0.05) is 0 Å². The minimum Gasteiger partial charge on any atom is -0.445 e. The van der Waals surface area contributed by atoms with Crippen LogP contribution in [0.15, 0.2) is 4.42 Å². The van der Waals surface area contributed by atoms with Crippen molar-refractivity contribution in [2.45, 2.75) is 37.3 Å². The van der Waals surface area contributed by atoms with Gasteiger partial charge < -0.3 is 15.1 Å². The maximum absolute atomic E-state index is 11.6. The molecule has 2 atom stereocenters.